The third-order valence-corrected chi connectivity index (χ3v) is 8.62. The van der Waals surface area contributed by atoms with Gasteiger partial charge in [0, 0.05) is 31.2 Å². The van der Waals surface area contributed by atoms with Crippen LogP contribution in [-0.2, 0) is 60.8 Å². The number of aliphatic carboxylic acids is 2. The maximum absolute atomic E-state index is 13.5. The predicted octanol–water partition coefficient (Wildman–Crippen LogP) is -6.08. The number of nitrogens with two attached hydrogens (primary N) is 2. The van der Waals surface area contributed by atoms with Crippen LogP contribution in [-0.4, -0.2) is 169 Å². The first-order valence-corrected chi connectivity index (χ1v) is 19.4. The number of rotatable bonds is 25. The molecule has 26 nitrogen and oxygen atoms in total. The normalized spacial score (nSPS) is 14.6. The Morgan fingerprint density at radius 3 is 1.70 bits per heavy atom. The van der Waals surface area contributed by atoms with Crippen molar-refractivity contribution in [3.8, 4) is 0 Å². The standard InChI is InChI=1S/C35H51N11O13.C2HF3O2/c1-17(48)28(34(58)43-23(10-19-6-4-3-5-7-19)33(57)46-29(18(2)49)35(59)44-24(15-47)30(37)54)45-26(51)14-40-32(56)22(8-9-27(52)53)42-25(50)13-39-31(55)21(36)11-20-12-38-16-41-20;3-2(4,5)1(6)7/h3-7,12,16-18,21-24,28-29,47-49H,8-11,13-15,36H2,1-2H3,(H2,37,54)(H,38,41)(H,39,55)(H,40,56)(H,42,50)(H,43,58)(H,44,59)(H,45,51)(H,46,57)(H,52,53);(H,6,7)/t17-,18-,21+,22+,23+,24+,28+,29+;/m1./s1. The molecule has 8 atom stereocenters. The van der Waals surface area contributed by atoms with Gasteiger partial charge in [-0.3, -0.25) is 43.2 Å². The van der Waals surface area contributed by atoms with E-state index in [0.717, 1.165) is 13.8 Å². The first-order valence-electron chi connectivity index (χ1n) is 19.4. The van der Waals surface area contributed by atoms with Gasteiger partial charge in [-0.05, 0) is 25.8 Å². The second-order valence-corrected chi connectivity index (χ2v) is 14.1. The fraction of sp³-hybridized carbons (Fsp3) is 0.486. The number of hydrogen-bond acceptors (Lipinski definition) is 15. The van der Waals surface area contributed by atoms with Gasteiger partial charge in [0.1, 0.15) is 30.2 Å². The number of hydrogen-bond donors (Lipinski definition) is 15. The molecule has 0 spiro atoms. The zero-order chi connectivity index (χ0) is 50.3. The van der Waals surface area contributed by atoms with Crippen LogP contribution in [0.4, 0.5) is 13.2 Å². The van der Waals surface area contributed by atoms with E-state index >= 15 is 0 Å². The van der Waals surface area contributed by atoms with E-state index in [-0.39, 0.29) is 12.8 Å². The summed E-state index contributed by atoms with van der Waals surface area (Å²) in [6.45, 7) is -0.0609. The monoisotopic (exact) mass is 947 g/mol. The Bertz CT molecular complexity index is 1970. The molecule has 29 heteroatoms. The van der Waals surface area contributed by atoms with Crippen LogP contribution >= 0.6 is 0 Å². The van der Waals surface area contributed by atoms with Crippen LogP contribution < -0.4 is 48.7 Å². The van der Waals surface area contributed by atoms with E-state index in [1.165, 1.54) is 12.5 Å². The number of carboxylic acids is 2. The number of alkyl halides is 3. The molecule has 0 radical (unpaired) electrons. The number of carbonyl (C=O) groups excluding carboxylic acids is 8. The molecule has 1 heterocycles. The smallest absolute Gasteiger partial charge is 0.481 e. The van der Waals surface area contributed by atoms with Crippen molar-refractivity contribution in [3.63, 3.8) is 0 Å². The van der Waals surface area contributed by atoms with Gasteiger partial charge in [-0.1, -0.05) is 30.3 Å². The molecule has 0 fully saturated rings. The number of amides is 8. The number of imidazole rings is 1. The van der Waals surface area contributed by atoms with Crippen molar-refractivity contribution in [3.05, 3.63) is 54.1 Å². The summed E-state index contributed by atoms with van der Waals surface area (Å²) in [6, 6.07) is -0.848. The SMILES string of the molecule is C[C@@H](O)[C@H](NC(=O)CNC(=O)[C@H](CCC(=O)O)NC(=O)CNC(=O)[C@@H](N)Cc1cnc[nH]1)C(=O)N[C@@H](Cc1ccccc1)C(=O)N[C@H](C(=O)N[C@@H](CO)C(N)=O)[C@@H](C)O.O=C(O)C(F)(F)F. The molecule has 0 unspecified atom stereocenters. The Kier molecular flexibility index (Phi) is 23.9. The minimum absolute atomic E-state index is 0.0820. The highest BCUT2D eigenvalue weighted by molar-refractivity contribution is 5.97. The van der Waals surface area contributed by atoms with E-state index in [1.807, 2.05) is 0 Å². The van der Waals surface area contributed by atoms with Crippen LogP contribution in [0.25, 0.3) is 0 Å². The topological polar surface area (TPSA) is 437 Å². The highest BCUT2D eigenvalue weighted by Gasteiger charge is 2.38. The van der Waals surface area contributed by atoms with Crippen molar-refractivity contribution >= 4 is 59.2 Å². The molecule has 2 rings (SSSR count). The molecule has 1 aromatic heterocycles. The molecule has 17 N–H and O–H groups in total. The molecule has 0 aliphatic heterocycles. The summed E-state index contributed by atoms with van der Waals surface area (Å²) in [5, 5.41) is 62.1. The molecule has 0 aliphatic rings. The summed E-state index contributed by atoms with van der Waals surface area (Å²) in [7, 11) is 0. The van der Waals surface area contributed by atoms with Gasteiger partial charge in [-0.15, -0.1) is 0 Å². The van der Waals surface area contributed by atoms with Crippen LogP contribution in [0.3, 0.4) is 0 Å². The second kappa shape index (κ2) is 27.8. The molecule has 0 saturated heterocycles. The third-order valence-electron chi connectivity index (χ3n) is 8.62. The van der Waals surface area contributed by atoms with Crippen molar-refractivity contribution in [1.82, 2.24) is 47.2 Å². The molecule has 0 saturated carbocycles. The average molecular weight is 948 g/mol. The van der Waals surface area contributed by atoms with Crippen LogP contribution in [0.15, 0.2) is 42.9 Å². The van der Waals surface area contributed by atoms with Crippen molar-refractivity contribution in [2.24, 2.45) is 11.5 Å². The minimum atomic E-state index is -5.08. The van der Waals surface area contributed by atoms with Gasteiger partial charge in [0.2, 0.25) is 47.3 Å². The quantitative estimate of drug-likeness (QED) is 0.0440. The number of halogens is 3. The van der Waals surface area contributed by atoms with Gasteiger partial charge in [-0.25, -0.2) is 9.78 Å². The molecule has 8 amide bonds. The summed E-state index contributed by atoms with van der Waals surface area (Å²) in [5.41, 5.74) is 12.1. The van der Waals surface area contributed by atoms with Crippen LogP contribution in [0.1, 0.15) is 37.9 Å². The van der Waals surface area contributed by atoms with Crippen molar-refractivity contribution in [2.45, 2.75) is 94.2 Å². The van der Waals surface area contributed by atoms with E-state index in [9.17, 15) is 71.6 Å². The summed E-state index contributed by atoms with van der Waals surface area (Å²) in [5.74, 6) is -12.0. The lowest BCUT2D eigenvalue weighted by atomic mass is 10.0. The number of aliphatic hydroxyl groups is 3. The fourth-order valence-electron chi connectivity index (χ4n) is 5.17. The molecule has 366 valence electrons. The van der Waals surface area contributed by atoms with E-state index in [0.29, 0.717) is 11.3 Å². The Morgan fingerprint density at radius 2 is 1.23 bits per heavy atom. The number of H-pyrrole nitrogens is 1. The van der Waals surface area contributed by atoms with Gasteiger partial charge in [-0.2, -0.15) is 13.2 Å². The minimum Gasteiger partial charge on any atom is -0.481 e. The molecule has 2 aromatic rings. The van der Waals surface area contributed by atoms with Gasteiger partial charge >= 0.3 is 18.1 Å². The molecule has 1 aromatic carbocycles. The molecule has 0 aliphatic carbocycles. The number of primary amides is 1. The Labute approximate surface area is 372 Å². The Balaban J connectivity index is 0.00000286. The highest BCUT2D eigenvalue weighted by atomic mass is 19.4. The van der Waals surface area contributed by atoms with Gasteiger partial charge in [0.05, 0.1) is 44.3 Å². The predicted molar refractivity (Wildman–Crippen MR) is 216 cm³/mol. The van der Waals surface area contributed by atoms with Crippen molar-refractivity contribution in [2.75, 3.05) is 19.7 Å². The average Bonchev–Trinajstić information content (AvgIpc) is 3.75. The maximum atomic E-state index is 13.5. The molecule has 0 bridgehead atoms. The number of nitrogens with zero attached hydrogens (tertiary/aromatic N) is 1. The largest absolute Gasteiger partial charge is 0.490 e. The Morgan fingerprint density at radius 1 is 0.712 bits per heavy atom. The lowest BCUT2D eigenvalue weighted by molar-refractivity contribution is -0.192. The van der Waals surface area contributed by atoms with E-state index < -0.39 is 146 Å². The van der Waals surface area contributed by atoms with Gasteiger partial charge in [0.25, 0.3) is 0 Å². The fourth-order valence-corrected chi connectivity index (χ4v) is 5.17. The number of aliphatic hydroxyl groups excluding tert-OH is 3. The van der Waals surface area contributed by atoms with E-state index in [4.69, 9.17) is 26.5 Å². The summed E-state index contributed by atoms with van der Waals surface area (Å²) >= 11 is 0. The summed E-state index contributed by atoms with van der Waals surface area (Å²) in [6.07, 6.45) is -6.50. The lowest BCUT2D eigenvalue weighted by Crippen LogP contribution is -2.62. The Hall–Kier alpha value is -7.24. The second-order valence-electron chi connectivity index (χ2n) is 14.1. The first kappa shape index (κ1) is 56.8. The number of aromatic nitrogens is 2. The van der Waals surface area contributed by atoms with Gasteiger partial charge in [0.15, 0.2) is 0 Å². The van der Waals surface area contributed by atoms with Crippen molar-refractivity contribution in [1.29, 1.82) is 0 Å². The van der Waals surface area contributed by atoms with Crippen LogP contribution in [0, 0.1) is 0 Å². The maximum Gasteiger partial charge on any atom is 0.490 e. The zero-order valence-electron chi connectivity index (χ0n) is 35.2. The van der Waals surface area contributed by atoms with Crippen LogP contribution in [0.5, 0.6) is 0 Å². The highest BCUT2D eigenvalue weighted by Crippen LogP contribution is 2.13. The van der Waals surface area contributed by atoms with Gasteiger partial charge < -0.3 is 79.2 Å². The number of benzene rings is 1. The lowest BCUT2D eigenvalue weighted by Gasteiger charge is -2.28. The van der Waals surface area contributed by atoms with E-state index in [2.05, 4.69) is 47.2 Å². The number of nitrogens with one attached hydrogen (secondary N) is 8. The zero-order valence-corrected chi connectivity index (χ0v) is 35.2. The summed E-state index contributed by atoms with van der Waals surface area (Å²) in [4.78, 5) is 129. The number of carboxylic acid groups (broad SMARTS) is 2. The first-order chi connectivity index (χ1) is 30.8. The van der Waals surface area contributed by atoms with E-state index in [1.54, 1.807) is 30.3 Å². The molecule has 66 heavy (non-hydrogen) atoms. The molecular weight excluding hydrogens is 895 g/mol. The van der Waals surface area contributed by atoms with Crippen molar-refractivity contribution < 1.29 is 86.6 Å². The summed E-state index contributed by atoms with van der Waals surface area (Å²) < 4.78 is 31.7. The molecular formula is C37H52F3N11O15. The third kappa shape index (κ3) is 21.4. The number of aromatic amines is 1. The number of carbonyl (C=O) groups is 10. The van der Waals surface area contributed by atoms with Crippen LogP contribution in [0.2, 0.25) is 0 Å².